The molecule has 0 spiro atoms. The van der Waals surface area contributed by atoms with E-state index in [2.05, 4.69) is 10.4 Å². The molecule has 29 heavy (non-hydrogen) atoms. The quantitative estimate of drug-likeness (QED) is 0.542. The van der Waals surface area contributed by atoms with Crippen LogP contribution < -0.4 is 5.32 Å². The van der Waals surface area contributed by atoms with Crippen LogP contribution >= 0.6 is 0 Å². The largest absolute Gasteiger partial charge is 0.319 e. The highest BCUT2D eigenvalue weighted by Crippen LogP contribution is 2.25. The summed E-state index contributed by atoms with van der Waals surface area (Å²) in [4.78, 5) is 13.0. The summed E-state index contributed by atoms with van der Waals surface area (Å²) in [6.45, 7) is 3.69. The van der Waals surface area contributed by atoms with Gasteiger partial charge in [-0.05, 0) is 50.2 Å². The molecule has 0 aliphatic carbocycles. The average molecular weight is 392 g/mol. The third-order valence-electron chi connectivity index (χ3n) is 4.57. The predicted molar refractivity (Wildman–Crippen MR) is 107 cm³/mol. The van der Waals surface area contributed by atoms with Gasteiger partial charge in [-0.15, -0.1) is 0 Å². The highest BCUT2D eigenvalue weighted by Gasteiger charge is 2.24. The van der Waals surface area contributed by atoms with Crippen LogP contribution in [0.25, 0.3) is 11.5 Å². The average Bonchev–Trinajstić information content (AvgIpc) is 3.33. The van der Waals surface area contributed by atoms with Crippen molar-refractivity contribution < 1.29 is 13.6 Å². The normalized spacial score (nSPS) is 10.9. The summed E-state index contributed by atoms with van der Waals surface area (Å²) < 4.78 is 30.9. The van der Waals surface area contributed by atoms with Crippen molar-refractivity contribution in [3.05, 3.63) is 95.4 Å². The molecular weight excluding hydrogens is 374 g/mol. The third kappa shape index (κ3) is 3.54. The lowest BCUT2D eigenvalue weighted by Gasteiger charge is -2.12. The van der Waals surface area contributed by atoms with Gasteiger partial charge in [0.15, 0.2) is 5.82 Å². The van der Waals surface area contributed by atoms with E-state index in [1.165, 1.54) is 0 Å². The number of rotatable bonds is 4. The second-order valence-corrected chi connectivity index (χ2v) is 6.70. The zero-order valence-electron chi connectivity index (χ0n) is 15.9. The summed E-state index contributed by atoms with van der Waals surface area (Å²) in [7, 11) is 0. The zero-order chi connectivity index (χ0) is 20.5. The molecule has 146 valence electrons. The van der Waals surface area contributed by atoms with E-state index in [0.717, 1.165) is 29.4 Å². The van der Waals surface area contributed by atoms with E-state index in [1.807, 2.05) is 43.3 Å². The van der Waals surface area contributed by atoms with Gasteiger partial charge in [0.1, 0.15) is 17.2 Å². The number of nitrogens with one attached hydrogen (secondary N) is 1. The van der Waals surface area contributed by atoms with Gasteiger partial charge in [0.2, 0.25) is 0 Å². The van der Waals surface area contributed by atoms with Crippen molar-refractivity contribution in [2.45, 2.75) is 13.8 Å². The standard InChI is InChI=1S/C22H18F2N4O/c1-14-5-8-17(9-6-14)28-22(27-11-3-4-12-27)20(15(2)26-28)21(29)25-19-13-16(23)7-10-18(19)24/h3-13H,1-2H3,(H,25,29). The van der Waals surface area contributed by atoms with Crippen molar-refractivity contribution in [2.24, 2.45) is 0 Å². The Hall–Kier alpha value is -3.74. The van der Waals surface area contributed by atoms with Gasteiger partial charge in [-0.3, -0.25) is 4.79 Å². The lowest BCUT2D eigenvalue weighted by Crippen LogP contribution is -2.17. The maximum Gasteiger partial charge on any atom is 0.261 e. The number of aromatic nitrogens is 3. The Balaban J connectivity index is 1.84. The van der Waals surface area contributed by atoms with Crippen LogP contribution in [0.3, 0.4) is 0 Å². The number of carbonyl (C=O) groups is 1. The molecule has 4 rings (SSSR count). The van der Waals surface area contributed by atoms with E-state index >= 15 is 0 Å². The fraction of sp³-hybridized carbons (Fsp3) is 0.0909. The Kier molecular flexibility index (Phi) is 4.72. The summed E-state index contributed by atoms with van der Waals surface area (Å²) in [5, 5.41) is 7.00. The van der Waals surface area contributed by atoms with E-state index in [-0.39, 0.29) is 11.3 Å². The third-order valence-corrected chi connectivity index (χ3v) is 4.57. The Labute approximate surface area is 166 Å². The van der Waals surface area contributed by atoms with E-state index in [9.17, 15) is 13.6 Å². The fourth-order valence-electron chi connectivity index (χ4n) is 3.14. The maximum atomic E-state index is 14.0. The number of carbonyl (C=O) groups excluding carboxylic acids is 1. The van der Waals surface area contributed by atoms with Gasteiger partial charge in [-0.1, -0.05) is 17.7 Å². The topological polar surface area (TPSA) is 51.9 Å². The minimum absolute atomic E-state index is 0.226. The number of hydrogen-bond acceptors (Lipinski definition) is 2. The van der Waals surface area contributed by atoms with Gasteiger partial charge >= 0.3 is 0 Å². The molecule has 0 saturated heterocycles. The first kappa shape index (κ1) is 18.6. The minimum Gasteiger partial charge on any atom is -0.319 e. The van der Waals surface area contributed by atoms with Gasteiger partial charge in [0, 0.05) is 18.5 Å². The van der Waals surface area contributed by atoms with E-state index < -0.39 is 17.5 Å². The van der Waals surface area contributed by atoms with Gasteiger partial charge in [-0.25, -0.2) is 13.5 Å². The summed E-state index contributed by atoms with van der Waals surface area (Å²) in [5.41, 5.74) is 2.38. The Bertz CT molecular complexity index is 1180. The van der Waals surface area contributed by atoms with Gasteiger partial charge in [0.25, 0.3) is 5.91 Å². The monoisotopic (exact) mass is 392 g/mol. The Morgan fingerprint density at radius 1 is 1.00 bits per heavy atom. The van der Waals surface area contributed by atoms with Crippen LogP contribution in [0, 0.1) is 25.5 Å². The number of nitrogens with zero attached hydrogens (tertiary/aromatic N) is 3. The van der Waals surface area contributed by atoms with Crippen LogP contribution in [0.2, 0.25) is 0 Å². The van der Waals surface area contributed by atoms with Crippen LogP contribution in [0.5, 0.6) is 0 Å². The van der Waals surface area contributed by atoms with Crippen molar-refractivity contribution in [3.63, 3.8) is 0 Å². The molecule has 0 saturated carbocycles. The molecule has 4 aromatic rings. The molecule has 7 heteroatoms. The van der Waals surface area contributed by atoms with Crippen molar-refractivity contribution in [2.75, 3.05) is 5.32 Å². The number of benzene rings is 2. The molecule has 2 heterocycles. The summed E-state index contributed by atoms with van der Waals surface area (Å²) in [6.07, 6.45) is 3.58. The fourth-order valence-corrected chi connectivity index (χ4v) is 3.14. The molecule has 0 aliphatic heterocycles. The summed E-state index contributed by atoms with van der Waals surface area (Å²) >= 11 is 0. The highest BCUT2D eigenvalue weighted by atomic mass is 19.1. The Morgan fingerprint density at radius 2 is 1.69 bits per heavy atom. The lowest BCUT2D eigenvalue weighted by molar-refractivity contribution is 0.102. The molecule has 0 radical (unpaired) electrons. The molecule has 2 aromatic heterocycles. The maximum absolute atomic E-state index is 14.0. The van der Waals surface area contributed by atoms with Crippen molar-refractivity contribution in [1.82, 2.24) is 14.3 Å². The first-order chi connectivity index (χ1) is 13.9. The van der Waals surface area contributed by atoms with Gasteiger partial charge in [0.05, 0.1) is 17.1 Å². The van der Waals surface area contributed by atoms with Crippen LogP contribution in [-0.4, -0.2) is 20.3 Å². The molecular formula is C22H18F2N4O. The summed E-state index contributed by atoms with van der Waals surface area (Å²) in [5.74, 6) is -1.43. The number of amides is 1. The molecule has 0 unspecified atom stereocenters. The van der Waals surface area contributed by atoms with Crippen LogP contribution in [-0.2, 0) is 0 Å². The first-order valence-corrected chi connectivity index (χ1v) is 9.00. The number of hydrogen-bond donors (Lipinski definition) is 1. The molecule has 0 atom stereocenters. The minimum atomic E-state index is -0.717. The Morgan fingerprint density at radius 3 is 2.38 bits per heavy atom. The summed E-state index contributed by atoms with van der Waals surface area (Å²) in [6, 6.07) is 14.3. The van der Waals surface area contributed by atoms with E-state index in [0.29, 0.717) is 11.5 Å². The van der Waals surface area contributed by atoms with Crippen LogP contribution in [0.4, 0.5) is 14.5 Å². The van der Waals surface area contributed by atoms with E-state index in [1.54, 1.807) is 28.6 Å². The first-order valence-electron chi connectivity index (χ1n) is 9.00. The molecule has 0 fully saturated rings. The number of aryl methyl sites for hydroxylation is 2. The molecule has 1 N–H and O–H groups in total. The van der Waals surface area contributed by atoms with Crippen LogP contribution in [0.15, 0.2) is 67.0 Å². The second kappa shape index (κ2) is 7.35. The molecule has 0 aliphatic rings. The van der Waals surface area contributed by atoms with Crippen LogP contribution in [0.1, 0.15) is 21.6 Å². The molecule has 2 aromatic carbocycles. The number of halogens is 2. The highest BCUT2D eigenvalue weighted by molar-refractivity contribution is 6.07. The van der Waals surface area contributed by atoms with Crippen molar-refractivity contribution in [3.8, 4) is 11.5 Å². The second-order valence-electron chi connectivity index (χ2n) is 6.70. The molecule has 5 nitrogen and oxygen atoms in total. The van der Waals surface area contributed by atoms with Gasteiger partial charge < -0.3 is 9.88 Å². The zero-order valence-corrected chi connectivity index (χ0v) is 15.9. The van der Waals surface area contributed by atoms with Gasteiger partial charge in [-0.2, -0.15) is 5.10 Å². The smallest absolute Gasteiger partial charge is 0.261 e. The molecule has 1 amide bonds. The SMILES string of the molecule is Cc1ccc(-n2nc(C)c(C(=O)Nc3cc(F)ccc3F)c2-n2cccc2)cc1. The number of anilines is 1. The lowest BCUT2D eigenvalue weighted by atomic mass is 10.2. The molecule has 0 bridgehead atoms. The predicted octanol–water partition coefficient (Wildman–Crippen LogP) is 4.81. The van der Waals surface area contributed by atoms with Crippen molar-refractivity contribution in [1.29, 1.82) is 0 Å². The van der Waals surface area contributed by atoms with Crippen molar-refractivity contribution >= 4 is 11.6 Å². The van der Waals surface area contributed by atoms with E-state index in [4.69, 9.17) is 0 Å².